The molecule has 1 aliphatic heterocycles. The third kappa shape index (κ3) is 2.11. The molecule has 1 heterocycles. The summed E-state index contributed by atoms with van der Waals surface area (Å²) < 4.78 is 0. The van der Waals surface area contributed by atoms with Crippen LogP contribution >= 0.6 is 0 Å². The highest BCUT2D eigenvalue weighted by Gasteiger charge is 2.46. The highest BCUT2D eigenvalue weighted by molar-refractivity contribution is 5.79. The number of benzene rings is 1. The molecular formula is C16H21NO2. The molecule has 0 bridgehead atoms. The smallest absolute Gasteiger partial charge is 0.133 e. The number of carbonyl (C=O) groups excluding carboxylic acids is 1. The fourth-order valence-electron chi connectivity index (χ4n) is 3.72. The zero-order chi connectivity index (χ0) is 13.3. The molecule has 1 aromatic rings. The summed E-state index contributed by atoms with van der Waals surface area (Å²) in [6.07, 6.45) is 4.08. The molecule has 0 unspecified atom stereocenters. The maximum Gasteiger partial charge on any atom is 0.133 e. The van der Waals surface area contributed by atoms with Gasteiger partial charge in [0.1, 0.15) is 5.78 Å². The molecule has 3 heteroatoms. The van der Waals surface area contributed by atoms with E-state index in [0.717, 1.165) is 32.4 Å². The third-order valence-corrected chi connectivity index (χ3v) is 4.71. The van der Waals surface area contributed by atoms with Crippen LogP contribution in [0.2, 0.25) is 0 Å². The molecule has 2 aliphatic rings. The minimum absolute atomic E-state index is 0.0552. The summed E-state index contributed by atoms with van der Waals surface area (Å²) in [6.45, 7) is 2.12. The summed E-state index contributed by atoms with van der Waals surface area (Å²) in [5.41, 5.74) is 2.87. The van der Waals surface area contributed by atoms with Gasteiger partial charge in [-0.25, -0.2) is 0 Å². The van der Waals surface area contributed by atoms with E-state index in [1.54, 1.807) is 0 Å². The highest BCUT2D eigenvalue weighted by atomic mass is 16.3. The number of ketones is 1. The van der Waals surface area contributed by atoms with E-state index in [-0.39, 0.29) is 12.1 Å². The van der Waals surface area contributed by atoms with E-state index in [0.29, 0.717) is 18.6 Å². The van der Waals surface area contributed by atoms with Crippen molar-refractivity contribution in [3.05, 3.63) is 35.4 Å². The SMILES string of the molecule is O=C1CCC2(CC1)c1ccccc1CN2CCCO. The van der Waals surface area contributed by atoms with Crippen molar-refractivity contribution in [2.45, 2.75) is 44.2 Å². The van der Waals surface area contributed by atoms with Gasteiger partial charge < -0.3 is 5.11 Å². The molecule has 19 heavy (non-hydrogen) atoms. The number of hydrogen-bond donors (Lipinski definition) is 1. The summed E-state index contributed by atoms with van der Waals surface area (Å²) in [4.78, 5) is 14.1. The van der Waals surface area contributed by atoms with Gasteiger partial charge in [0, 0.05) is 38.1 Å². The molecule has 1 spiro atoms. The van der Waals surface area contributed by atoms with Crippen LogP contribution in [-0.2, 0) is 16.9 Å². The lowest BCUT2D eigenvalue weighted by Gasteiger charge is -2.42. The van der Waals surface area contributed by atoms with Crippen molar-refractivity contribution in [3.8, 4) is 0 Å². The van der Waals surface area contributed by atoms with Crippen LogP contribution in [0.15, 0.2) is 24.3 Å². The van der Waals surface area contributed by atoms with Gasteiger partial charge in [-0.05, 0) is 30.4 Å². The molecule has 102 valence electrons. The van der Waals surface area contributed by atoms with Crippen LogP contribution in [0.4, 0.5) is 0 Å². The zero-order valence-corrected chi connectivity index (χ0v) is 11.3. The quantitative estimate of drug-likeness (QED) is 0.905. The number of aliphatic hydroxyl groups excluding tert-OH is 1. The molecule has 0 saturated heterocycles. The van der Waals surface area contributed by atoms with Crippen LogP contribution in [0.25, 0.3) is 0 Å². The van der Waals surface area contributed by atoms with Crippen LogP contribution in [-0.4, -0.2) is 28.9 Å². The highest BCUT2D eigenvalue weighted by Crippen LogP contribution is 2.47. The van der Waals surface area contributed by atoms with E-state index in [1.807, 2.05) is 0 Å². The standard InChI is InChI=1S/C16H21NO2/c18-11-3-10-17-12-13-4-1-2-5-15(13)16(17)8-6-14(19)7-9-16/h1-2,4-5,18H,3,6-12H2. The van der Waals surface area contributed by atoms with Gasteiger partial charge in [0.2, 0.25) is 0 Å². The first kappa shape index (κ1) is 12.8. The van der Waals surface area contributed by atoms with E-state index in [1.165, 1.54) is 11.1 Å². The van der Waals surface area contributed by atoms with E-state index < -0.39 is 0 Å². The minimum Gasteiger partial charge on any atom is -0.396 e. The van der Waals surface area contributed by atoms with Crippen molar-refractivity contribution in [1.82, 2.24) is 4.90 Å². The van der Waals surface area contributed by atoms with Gasteiger partial charge in [-0.1, -0.05) is 24.3 Å². The second kappa shape index (κ2) is 5.06. The fourth-order valence-corrected chi connectivity index (χ4v) is 3.72. The Bertz CT molecular complexity index is 473. The molecule has 1 aliphatic carbocycles. The number of nitrogens with zero attached hydrogens (tertiary/aromatic N) is 1. The Morgan fingerprint density at radius 3 is 2.68 bits per heavy atom. The van der Waals surface area contributed by atoms with Crippen LogP contribution in [0.3, 0.4) is 0 Å². The van der Waals surface area contributed by atoms with Crippen molar-refractivity contribution in [2.75, 3.05) is 13.2 Å². The Kier molecular flexibility index (Phi) is 3.42. The van der Waals surface area contributed by atoms with Gasteiger partial charge in [0.25, 0.3) is 0 Å². The number of hydrogen-bond acceptors (Lipinski definition) is 3. The number of rotatable bonds is 3. The Morgan fingerprint density at radius 2 is 1.95 bits per heavy atom. The second-order valence-electron chi connectivity index (χ2n) is 5.73. The average Bonchev–Trinajstić information content (AvgIpc) is 2.74. The first-order valence-electron chi connectivity index (χ1n) is 7.22. The van der Waals surface area contributed by atoms with Crippen molar-refractivity contribution >= 4 is 5.78 Å². The number of aliphatic hydroxyl groups is 1. The summed E-state index contributed by atoms with van der Waals surface area (Å²) in [6, 6.07) is 8.62. The monoisotopic (exact) mass is 259 g/mol. The summed E-state index contributed by atoms with van der Waals surface area (Å²) in [5.74, 6) is 0.400. The largest absolute Gasteiger partial charge is 0.396 e. The predicted molar refractivity (Wildman–Crippen MR) is 73.7 cm³/mol. The predicted octanol–water partition coefficient (Wildman–Crippen LogP) is 2.22. The lowest BCUT2D eigenvalue weighted by Crippen LogP contribution is -2.44. The first-order chi connectivity index (χ1) is 9.26. The topological polar surface area (TPSA) is 40.5 Å². The van der Waals surface area contributed by atoms with E-state index in [9.17, 15) is 4.79 Å². The molecule has 0 aromatic heterocycles. The summed E-state index contributed by atoms with van der Waals surface area (Å²) in [5, 5.41) is 9.09. The van der Waals surface area contributed by atoms with Crippen LogP contribution in [0.5, 0.6) is 0 Å². The van der Waals surface area contributed by atoms with E-state index in [2.05, 4.69) is 29.2 Å². The molecule has 0 atom stereocenters. The van der Waals surface area contributed by atoms with Crippen molar-refractivity contribution in [3.63, 3.8) is 0 Å². The normalized spacial score (nSPS) is 21.8. The fraction of sp³-hybridized carbons (Fsp3) is 0.562. The van der Waals surface area contributed by atoms with Gasteiger partial charge in [0.15, 0.2) is 0 Å². The van der Waals surface area contributed by atoms with E-state index >= 15 is 0 Å². The average molecular weight is 259 g/mol. The maximum atomic E-state index is 11.6. The van der Waals surface area contributed by atoms with Gasteiger partial charge >= 0.3 is 0 Å². The molecule has 1 N–H and O–H groups in total. The van der Waals surface area contributed by atoms with Crippen LogP contribution in [0.1, 0.15) is 43.2 Å². The van der Waals surface area contributed by atoms with Gasteiger partial charge in [-0.3, -0.25) is 9.69 Å². The molecule has 0 radical (unpaired) electrons. The first-order valence-corrected chi connectivity index (χ1v) is 7.22. The number of fused-ring (bicyclic) bond motifs is 2. The minimum atomic E-state index is 0.0552. The van der Waals surface area contributed by atoms with Crippen LogP contribution in [0, 0.1) is 0 Å². The maximum absolute atomic E-state index is 11.6. The van der Waals surface area contributed by atoms with Gasteiger partial charge in [-0.2, -0.15) is 0 Å². The molecule has 3 nitrogen and oxygen atoms in total. The molecular weight excluding hydrogens is 238 g/mol. The lowest BCUT2D eigenvalue weighted by molar-refractivity contribution is -0.123. The Labute approximate surface area is 114 Å². The molecule has 0 amide bonds. The number of Topliss-reactive ketones (excluding diaryl/α,β-unsaturated/α-hetero) is 1. The molecule has 3 rings (SSSR count). The van der Waals surface area contributed by atoms with Crippen LogP contribution < -0.4 is 0 Å². The lowest BCUT2D eigenvalue weighted by atomic mass is 9.76. The molecule has 1 aromatic carbocycles. The summed E-state index contributed by atoms with van der Waals surface area (Å²) in [7, 11) is 0. The third-order valence-electron chi connectivity index (χ3n) is 4.71. The Balaban J connectivity index is 1.93. The van der Waals surface area contributed by atoms with Crippen molar-refractivity contribution in [1.29, 1.82) is 0 Å². The Hall–Kier alpha value is -1.19. The second-order valence-corrected chi connectivity index (χ2v) is 5.73. The summed E-state index contributed by atoms with van der Waals surface area (Å²) >= 11 is 0. The van der Waals surface area contributed by atoms with E-state index in [4.69, 9.17) is 5.11 Å². The number of carbonyl (C=O) groups is 1. The molecule has 1 saturated carbocycles. The zero-order valence-electron chi connectivity index (χ0n) is 11.3. The molecule has 1 fully saturated rings. The van der Waals surface area contributed by atoms with Crippen molar-refractivity contribution in [2.24, 2.45) is 0 Å². The van der Waals surface area contributed by atoms with Gasteiger partial charge in [-0.15, -0.1) is 0 Å². The van der Waals surface area contributed by atoms with Crippen molar-refractivity contribution < 1.29 is 9.90 Å². The van der Waals surface area contributed by atoms with Gasteiger partial charge in [0.05, 0.1) is 0 Å². The Morgan fingerprint density at radius 1 is 1.21 bits per heavy atom.